The molecule has 1 aromatic heterocycles. The monoisotopic (exact) mass is 309 g/mol. The summed E-state index contributed by atoms with van der Waals surface area (Å²) in [7, 11) is 0. The summed E-state index contributed by atoms with van der Waals surface area (Å²) < 4.78 is 0. The zero-order chi connectivity index (χ0) is 15.3. The standard InChI is InChI=1S/C16H27N3OS/c1-3-9-17-15-13-14(8-11-18-15)16(20)19-10-6-4-5-7-12-21-2/h8,11,13H,3-7,9-10,12H2,1-2H3,(H,17,18)(H,19,20). The number of hydrogen-bond donors (Lipinski definition) is 2. The SMILES string of the molecule is CCCNc1cc(C(=O)NCCCCCCSC)ccn1. The van der Waals surface area contributed by atoms with Crippen molar-refractivity contribution < 1.29 is 4.79 Å². The molecule has 0 radical (unpaired) electrons. The normalized spacial score (nSPS) is 10.4. The van der Waals surface area contributed by atoms with E-state index in [1.54, 1.807) is 12.3 Å². The van der Waals surface area contributed by atoms with E-state index in [0.717, 1.165) is 31.7 Å². The molecule has 1 heterocycles. The molecule has 0 aliphatic carbocycles. The maximum absolute atomic E-state index is 12.0. The average molecular weight is 309 g/mol. The highest BCUT2D eigenvalue weighted by Crippen LogP contribution is 2.07. The molecule has 1 amide bonds. The van der Waals surface area contributed by atoms with Crippen molar-refractivity contribution >= 4 is 23.5 Å². The quantitative estimate of drug-likeness (QED) is 0.614. The van der Waals surface area contributed by atoms with Crippen molar-refractivity contribution in [3.05, 3.63) is 23.9 Å². The Morgan fingerprint density at radius 2 is 2.05 bits per heavy atom. The van der Waals surface area contributed by atoms with E-state index in [-0.39, 0.29) is 5.91 Å². The third-order valence-corrected chi connectivity index (χ3v) is 3.84. The average Bonchev–Trinajstić information content (AvgIpc) is 2.52. The summed E-state index contributed by atoms with van der Waals surface area (Å²) in [5.74, 6) is 1.99. The third-order valence-electron chi connectivity index (χ3n) is 3.14. The fourth-order valence-corrected chi connectivity index (χ4v) is 2.44. The van der Waals surface area contributed by atoms with Gasteiger partial charge < -0.3 is 10.6 Å². The number of rotatable bonds is 11. The van der Waals surface area contributed by atoms with Gasteiger partial charge in [-0.2, -0.15) is 11.8 Å². The molecule has 0 unspecified atom stereocenters. The molecule has 1 aromatic rings. The largest absolute Gasteiger partial charge is 0.370 e. The molecule has 0 aromatic carbocycles. The van der Waals surface area contributed by atoms with Gasteiger partial charge in [-0.05, 0) is 43.4 Å². The number of pyridine rings is 1. The molecular weight excluding hydrogens is 282 g/mol. The van der Waals surface area contributed by atoms with Gasteiger partial charge in [-0.25, -0.2) is 4.98 Å². The summed E-state index contributed by atoms with van der Waals surface area (Å²) in [4.78, 5) is 16.2. The molecule has 2 N–H and O–H groups in total. The van der Waals surface area contributed by atoms with Crippen molar-refractivity contribution in [2.45, 2.75) is 39.0 Å². The van der Waals surface area contributed by atoms with Crippen molar-refractivity contribution in [1.82, 2.24) is 10.3 Å². The van der Waals surface area contributed by atoms with Crippen LogP contribution in [0.25, 0.3) is 0 Å². The number of aromatic nitrogens is 1. The van der Waals surface area contributed by atoms with E-state index in [1.165, 1.54) is 25.0 Å². The second-order valence-electron chi connectivity index (χ2n) is 5.02. The van der Waals surface area contributed by atoms with Gasteiger partial charge in [-0.3, -0.25) is 4.79 Å². The summed E-state index contributed by atoms with van der Waals surface area (Å²) in [5.41, 5.74) is 0.672. The third kappa shape index (κ3) is 7.95. The molecule has 1 rings (SSSR count). The molecule has 0 atom stereocenters. The Bertz CT molecular complexity index is 412. The summed E-state index contributed by atoms with van der Waals surface area (Å²) >= 11 is 1.89. The maximum Gasteiger partial charge on any atom is 0.251 e. The van der Waals surface area contributed by atoms with Crippen molar-refractivity contribution in [1.29, 1.82) is 0 Å². The molecule has 0 saturated heterocycles. The number of nitrogens with one attached hydrogen (secondary N) is 2. The lowest BCUT2D eigenvalue weighted by Crippen LogP contribution is -2.24. The van der Waals surface area contributed by atoms with Crippen LogP contribution in [0.5, 0.6) is 0 Å². The molecular formula is C16H27N3OS. The van der Waals surface area contributed by atoms with E-state index in [0.29, 0.717) is 5.56 Å². The van der Waals surface area contributed by atoms with Crippen molar-refractivity contribution in [3.8, 4) is 0 Å². The highest BCUT2D eigenvalue weighted by molar-refractivity contribution is 7.98. The zero-order valence-electron chi connectivity index (χ0n) is 13.2. The predicted molar refractivity (Wildman–Crippen MR) is 92.2 cm³/mol. The number of anilines is 1. The minimum atomic E-state index is -0.0129. The van der Waals surface area contributed by atoms with Gasteiger partial charge in [0.1, 0.15) is 5.82 Å². The van der Waals surface area contributed by atoms with Gasteiger partial charge in [0, 0.05) is 24.8 Å². The molecule has 0 saturated carbocycles. The predicted octanol–water partition coefficient (Wildman–Crippen LogP) is 3.56. The molecule has 118 valence electrons. The van der Waals surface area contributed by atoms with Crippen molar-refractivity contribution in [3.63, 3.8) is 0 Å². The lowest BCUT2D eigenvalue weighted by Gasteiger charge is -2.07. The smallest absolute Gasteiger partial charge is 0.251 e. The zero-order valence-corrected chi connectivity index (χ0v) is 14.0. The fourth-order valence-electron chi connectivity index (χ4n) is 1.95. The van der Waals surface area contributed by atoms with Gasteiger partial charge in [0.05, 0.1) is 0 Å². The van der Waals surface area contributed by atoms with Crippen LogP contribution in [0.4, 0.5) is 5.82 Å². The second-order valence-corrected chi connectivity index (χ2v) is 6.01. The number of amides is 1. The first-order chi connectivity index (χ1) is 10.3. The van der Waals surface area contributed by atoms with E-state index >= 15 is 0 Å². The first-order valence-electron chi connectivity index (χ1n) is 7.75. The van der Waals surface area contributed by atoms with E-state index in [9.17, 15) is 4.79 Å². The second kappa shape index (κ2) is 11.4. The van der Waals surface area contributed by atoms with Gasteiger partial charge in [-0.15, -0.1) is 0 Å². The summed E-state index contributed by atoms with van der Waals surface area (Å²) in [6.07, 6.45) is 9.60. The van der Waals surface area contributed by atoms with Crippen LogP contribution in [-0.4, -0.2) is 36.0 Å². The first-order valence-corrected chi connectivity index (χ1v) is 9.14. The molecule has 0 spiro atoms. The Hall–Kier alpha value is -1.23. The number of carbonyl (C=O) groups excluding carboxylic acids is 1. The molecule has 5 heteroatoms. The Balaban J connectivity index is 2.25. The maximum atomic E-state index is 12.0. The topological polar surface area (TPSA) is 54.0 Å². The van der Waals surface area contributed by atoms with Gasteiger partial charge >= 0.3 is 0 Å². The molecule has 0 fully saturated rings. The van der Waals surface area contributed by atoms with Crippen LogP contribution in [0.2, 0.25) is 0 Å². The molecule has 21 heavy (non-hydrogen) atoms. The fraction of sp³-hybridized carbons (Fsp3) is 0.625. The Kier molecular flexibility index (Phi) is 9.70. The number of carbonyl (C=O) groups is 1. The van der Waals surface area contributed by atoms with E-state index < -0.39 is 0 Å². The van der Waals surface area contributed by atoms with E-state index in [1.807, 2.05) is 17.8 Å². The molecule has 4 nitrogen and oxygen atoms in total. The molecule has 0 aliphatic heterocycles. The van der Waals surface area contributed by atoms with Gasteiger partial charge in [0.25, 0.3) is 5.91 Å². The number of thioether (sulfide) groups is 1. The number of hydrogen-bond acceptors (Lipinski definition) is 4. The van der Waals surface area contributed by atoms with Crippen LogP contribution in [0.1, 0.15) is 49.4 Å². The lowest BCUT2D eigenvalue weighted by molar-refractivity contribution is 0.0953. The van der Waals surface area contributed by atoms with E-state index in [2.05, 4.69) is 28.8 Å². The highest BCUT2D eigenvalue weighted by atomic mass is 32.2. The highest BCUT2D eigenvalue weighted by Gasteiger charge is 2.05. The van der Waals surface area contributed by atoms with E-state index in [4.69, 9.17) is 0 Å². The van der Waals surface area contributed by atoms with Gasteiger partial charge in [0.15, 0.2) is 0 Å². The Labute approximate surface area is 132 Å². The minimum Gasteiger partial charge on any atom is -0.370 e. The van der Waals surface area contributed by atoms with Crippen LogP contribution in [0.3, 0.4) is 0 Å². The van der Waals surface area contributed by atoms with Crippen LogP contribution in [-0.2, 0) is 0 Å². The van der Waals surface area contributed by atoms with Crippen LogP contribution < -0.4 is 10.6 Å². The lowest BCUT2D eigenvalue weighted by atomic mass is 10.2. The molecule has 0 bridgehead atoms. The van der Waals surface area contributed by atoms with Crippen molar-refractivity contribution in [2.24, 2.45) is 0 Å². The number of unbranched alkanes of at least 4 members (excludes halogenated alkanes) is 3. The van der Waals surface area contributed by atoms with Gasteiger partial charge in [0.2, 0.25) is 0 Å². The van der Waals surface area contributed by atoms with Crippen molar-refractivity contribution in [2.75, 3.05) is 30.4 Å². The summed E-state index contributed by atoms with van der Waals surface area (Å²) in [6.45, 7) is 3.72. The Morgan fingerprint density at radius 3 is 2.81 bits per heavy atom. The van der Waals surface area contributed by atoms with Crippen LogP contribution in [0, 0.1) is 0 Å². The number of nitrogens with zero attached hydrogens (tertiary/aromatic N) is 1. The minimum absolute atomic E-state index is 0.0129. The first kappa shape index (κ1) is 17.8. The summed E-state index contributed by atoms with van der Waals surface area (Å²) in [6, 6.07) is 3.56. The van der Waals surface area contributed by atoms with Gasteiger partial charge in [-0.1, -0.05) is 19.8 Å². The van der Waals surface area contributed by atoms with Crippen LogP contribution in [0.15, 0.2) is 18.3 Å². The Morgan fingerprint density at radius 1 is 1.24 bits per heavy atom. The summed E-state index contributed by atoms with van der Waals surface area (Å²) in [5, 5.41) is 6.17. The molecule has 0 aliphatic rings. The van der Waals surface area contributed by atoms with Crippen LogP contribution >= 0.6 is 11.8 Å².